The number of rotatable bonds is 7. The lowest BCUT2D eigenvalue weighted by molar-refractivity contribution is -0.385. The van der Waals surface area contributed by atoms with Gasteiger partial charge >= 0.3 is 5.69 Å². The molecule has 1 atom stereocenters. The molecule has 1 aromatic heterocycles. The summed E-state index contributed by atoms with van der Waals surface area (Å²) < 4.78 is 15.2. The fraction of sp³-hybridized carbons (Fsp3) is 0.412. The van der Waals surface area contributed by atoms with E-state index in [2.05, 4.69) is 20.7 Å². The van der Waals surface area contributed by atoms with Crippen molar-refractivity contribution in [2.75, 3.05) is 13.1 Å². The number of hydrogen-bond donors (Lipinski definition) is 2. The summed E-state index contributed by atoms with van der Waals surface area (Å²) in [5.74, 6) is 0.348. The Morgan fingerprint density at radius 2 is 2.27 bits per heavy atom. The van der Waals surface area contributed by atoms with Gasteiger partial charge in [-0.05, 0) is 38.0 Å². The molecular weight excluding hydrogens is 339 g/mol. The van der Waals surface area contributed by atoms with Gasteiger partial charge in [0.05, 0.1) is 24.1 Å². The van der Waals surface area contributed by atoms with E-state index in [0.29, 0.717) is 31.2 Å². The van der Waals surface area contributed by atoms with Gasteiger partial charge in [-0.25, -0.2) is 4.39 Å². The van der Waals surface area contributed by atoms with Crippen LogP contribution in [-0.4, -0.2) is 33.8 Å². The second-order valence-corrected chi connectivity index (χ2v) is 5.85. The molecule has 0 spiro atoms. The van der Waals surface area contributed by atoms with Gasteiger partial charge in [-0.2, -0.15) is 5.10 Å². The Balaban J connectivity index is 1.98. The fourth-order valence-corrected chi connectivity index (χ4v) is 2.32. The van der Waals surface area contributed by atoms with Gasteiger partial charge < -0.3 is 10.6 Å². The van der Waals surface area contributed by atoms with E-state index in [9.17, 15) is 14.5 Å². The van der Waals surface area contributed by atoms with Crippen LogP contribution in [0.3, 0.4) is 0 Å². The number of benzene rings is 1. The Kier molecular flexibility index (Phi) is 6.65. The first-order chi connectivity index (χ1) is 12.4. The minimum Gasteiger partial charge on any atom is -0.357 e. The highest BCUT2D eigenvalue weighted by Crippen LogP contribution is 2.16. The molecule has 0 bridgehead atoms. The minimum atomic E-state index is -0.485. The van der Waals surface area contributed by atoms with Gasteiger partial charge in [-0.3, -0.25) is 19.8 Å². The summed E-state index contributed by atoms with van der Waals surface area (Å²) >= 11 is 0. The van der Waals surface area contributed by atoms with E-state index in [0.717, 1.165) is 5.56 Å². The van der Waals surface area contributed by atoms with Gasteiger partial charge in [0, 0.05) is 6.54 Å². The Labute approximate surface area is 151 Å². The predicted molar refractivity (Wildman–Crippen MR) is 97.5 cm³/mol. The monoisotopic (exact) mass is 362 g/mol. The summed E-state index contributed by atoms with van der Waals surface area (Å²) in [7, 11) is 0. The predicted octanol–water partition coefficient (Wildman–Crippen LogP) is 2.56. The first kappa shape index (κ1) is 19.4. The third-order valence-electron chi connectivity index (χ3n) is 3.82. The molecule has 140 valence electrons. The van der Waals surface area contributed by atoms with Crippen LogP contribution in [0.4, 0.5) is 10.1 Å². The molecule has 0 saturated heterocycles. The van der Waals surface area contributed by atoms with Crippen molar-refractivity contribution < 1.29 is 9.31 Å². The zero-order chi connectivity index (χ0) is 19.1. The zero-order valence-electron chi connectivity index (χ0n) is 15.1. The fourth-order valence-electron chi connectivity index (χ4n) is 2.32. The molecule has 0 saturated carbocycles. The van der Waals surface area contributed by atoms with Crippen molar-refractivity contribution in [2.45, 2.75) is 33.4 Å². The van der Waals surface area contributed by atoms with Crippen molar-refractivity contribution in [1.29, 1.82) is 0 Å². The summed E-state index contributed by atoms with van der Waals surface area (Å²) in [5.41, 5.74) is 1.38. The number of hydrogen-bond acceptors (Lipinski definition) is 4. The lowest BCUT2D eigenvalue weighted by Crippen LogP contribution is -2.39. The lowest BCUT2D eigenvalue weighted by atomic mass is 10.1. The van der Waals surface area contributed by atoms with Crippen LogP contribution in [-0.2, 0) is 6.54 Å². The topological polar surface area (TPSA) is 97.4 Å². The third kappa shape index (κ3) is 5.27. The van der Waals surface area contributed by atoms with Gasteiger partial charge in [0.2, 0.25) is 0 Å². The summed E-state index contributed by atoms with van der Waals surface area (Å²) in [5, 5.41) is 20.9. The highest BCUT2D eigenvalue weighted by atomic mass is 19.1. The number of aliphatic imine (C=N–C) groups is 1. The molecule has 1 aromatic carbocycles. The van der Waals surface area contributed by atoms with Crippen LogP contribution < -0.4 is 10.6 Å². The quantitative estimate of drug-likeness (QED) is 0.341. The largest absolute Gasteiger partial charge is 0.357 e. The van der Waals surface area contributed by atoms with E-state index in [-0.39, 0.29) is 17.5 Å². The number of nitrogens with zero attached hydrogens (tertiary/aromatic N) is 4. The zero-order valence-corrected chi connectivity index (χ0v) is 15.1. The van der Waals surface area contributed by atoms with Crippen molar-refractivity contribution in [2.24, 2.45) is 4.99 Å². The second-order valence-electron chi connectivity index (χ2n) is 5.85. The Morgan fingerprint density at radius 1 is 1.50 bits per heavy atom. The van der Waals surface area contributed by atoms with Crippen LogP contribution in [0.2, 0.25) is 0 Å². The molecule has 2 N–H and O–H groups in total. The number of nitro groups is 1. The normalized spacial score (nSPS) is 12.7. The molecule has 2 rings (SSSR count). The number of nitrogens with one attached hydrogen (secondary N) is 2. The van der Waals surface area contributed by atoms with Crippen molar-refractivity contribution in [1.82, 2.24) is 20.4 Å². The van der Waals surface area contributed by atoms with Crippen LogP contribution in [0.5, 0.6) is 0 Å². The van der Waals surface area contributed by atoms with Gasteiger partial charge in [0.1, 0.15) is 18.2 Å². The summed E-state index contributed by atoms with van der Waals surface area (Å²) in [6, 6.07) is 5.01. The van der Waals surface area contributed by atoms with E-state index < -0.39 is 4.92 Å². The molecule has 0 radical (unpaired) electrons. The van der Waals surface area contributed by atoms with Crippen LogP contribution in [0.15, 0.2) is 35.6 Å². The molecule has 1 heterocycles. The van der Waals surface area contributed by atoms with Crippen molar-refractivity contribution in [3.63, 3.8) is 0 Å². The molecule has 0 fully saturated rings. The van der Waals surface area contributed by atoms with Gasteiger partial charge in [0.15, 0.2) is 5.96 Å². The van der Waals surface area contributed by atoms with E-state index >= 15 is 0 Å². The Hall–Kier alpha value is -2.97. The molecule has 26 heavy (non-hydrogen) atoms. The van der Waals surface area contributed by atoms with Crippen LogP contribution in [0.25, 0.3) is 0 Å². The molecule has 9 heteroatoms. The SMILES string of the molecule is CCNC(=NCCn1cc([N+](=O)[O-])cn1)NC(C)c1ccc(C)c(F)c1. The van der Waals surface area contributed by atoms with Crippen LogP contribution in [0.1, 0.15) is 31.0 Å². The maximum atomic E-state index is 13.7. The van der Waals surface area contributed by atoms with E-state index in [1.54, 1.807) is 13.0 Å². The average molecular weight is 362 g/mol. The molecule has 0 aliphatic heterocycles. The molecule has 0 amide bonds. The molecule has 2 aromatic rings. The lowest BCUT2D eigenvalue weighted by Gasteiger charge is -2.18. The Morgan fingerprint density at radius 3 is 2.88 bits per heavy atom. The number of halogens is 1. The Bertz CT molecular complexity index is 789. The molecule has 1 unspecified atom stereocenters. The van der Waals surface area contributed by atoms with E-state index in [4.69, 9.17) is 0 Å². The van der Waals surface area contributed by atoms with Crippen LogP contribution in [0, 0.1) is 22.9 Å². The number of guanidine groups is 1. The van der Waals surface area contributed by atoms with Crippen molar-refractivity contribution >= 4 is 11.6 Å². The summed E-state index contributed by atoms with van der Waals surface area (Å²) in [4.78, 5) is 14.6. The van der Waals surface area contributed by atoms with Gasteiger partial charge in [-0.1, -0.05) is 12.1 Å². The summed E-state index contributed by atoms with van der Waals surface area (Å²) in [6.07, 6.45) is 2.58. The smallest absolute Gasteiger partial charge is 0.306 e. The van der Waals surface area contributed by atoms with E-state index in [1.807, 2.05) is 19.9 Å². The second kappa shape index (κ2) is 8.93. The molecule has 0 aliphatic rings. The van der Waals surface area contributed by atoms with Gasteiger partial charge in [0.25, 0.3) is 0 Å². The molecule has 8 nitrogen and oxygen atoms in total. The first-order valence-electron chi connectivity index (χ1n) is 8.38. The first-order valence-corrected chi connectivity index (χ1v) is 8.38. The maximum Gasteiger partial charge on any atom is 0.306 e. The maximum absolute atomic E-state index is 13.7. The van der Waals surface area contributed by atoms with Crippen LogP contribution >= 0.6 is 0 Å². The highest BCUT2D eigenvalue weighted by molar-refractivity contribution is 5.80. The average Bonchev–Trinajstić information content (AvgIpc) is 3.06. The summed E-state index contributed by atoms with van der Waals surface area (Å²) in [6.45, 7) is 7.08. The van der Waals surface area contributed by atoms with Gasteiger partial charge in [-0.15, -0.1) is 0 Å². The van der Waals surface area contributed by atoms with Crippen molar-refractivity contribution in [3.8, 4) is 0 Å². The van der Waals surface area contributed by atoms with Crippen molar-refractivity contribution in [3.05, 3.63) is 57.7 Å². The third-order valence-corrected chi connectivity index (χ3v) is 3.82. The molecular formula is C17H23FN6O2. The minimum absolute atomic E-state index is 0.0472. The standard InChI is InChI=1S/C17H23FN6O2/c1-4-19-17(20-7-8-23-11-15(10-21-23)24(25)26)22-13(3)14-6-5-12(2)16(18)9-14/h5-6,9-11,13H,4,7-8H2,1-3H3,(H2,19,20,22). The van der Waals surface area contributed by atoms with E-state index in [1.165, 1.54) is 23.1 Å². The number of aromatic nitrogens is 2. The highest BCUT2D eigenvalue weighted by Gasteiger charge is 2.10. The number of aryl methyl sites for hydroxylation is 1. The molecule has 0 aliphatic carbocycles.